The monoisotopic (exact) mass is 401 g/mol. The van der Waals surface area contributed by atoms with Crippen molar-refractivity contribution in [1.29, 1.82) is 0 Å². The molecule has 6 heteroatoms. The maximum atomic E-state index is 5.92. The number of fused-ring (bicyclic) bond motifs is 1. The van der Waals surface area contributed by atoms with Crippen molar-refractivity contribution in [1.82, 2.24) is 14.0 Å². The minimum absolute atomic E-state index is 0.589. The van der Waals surface area contributed by atoms with E-state index in [0.29, 0.717) is 6.04 Å². The van der Waals surface area contributed by atoms with Crippen LogP contribution in [0, 0.1) is 18.6 Å². The van der Waals surface area contributed by atoms with Crippen molar-refractivity contribution in [2.45, 2.75) is 65.2 Å². The van der Waals surface area contributed by atoms with Gasteiger partial charge in [0.25, 0.3) is 0 Å². The van der Waals surface area contributed by atoms with Gasteiger partial charge in [-0.25, -0.2) is 0 Å². The quantitative estimate of drug-likeness (QED) is 0.675. The van der Waals surface area contributed by atoms with Gasteiger partial charge in [0.2, 0.25) is 0 Å². The Balaban J connectivity index is 1.58. The van der Waals surface area contributed by atoms with Gasteiger partial charge in [-0.3, -0.25) is 4.90 Å². The van der Waals surface area contributed by atoms with E-state index in [0.717, 1.165) is 42.4 Å². The minimum Gasteiger partial charge on any atom is -0.493 e. The first-order chi connectivity index (χ1) is 13.5. The Kier molecular flexibility index (Phi) is 5.52. The normalized spacial score (nSPS) is 17.7. The smallest absolute Gasteiger partial charge is 0.181 e. The first-order valence-electron chi connectivity index (χ1n) is 10.3. The molecule has 0 saturated heterocycles. The highest BCUT2D eigenvalue weighted by Crippen LogP contribution is 2.34. The molecule has 4 rings (SSSR count). The second-order valence-electron chi connectivity index (χ2n) is 8.11. The van der Waals surface area contributed by atoms with Gasteiger partial charge in [-0.15, -0.1) is 0 Å². The molecule has 0 amide bonds. The SMILES string of the molecule is COc1cc2c(cc1OC)CN(Cn1c(C)c(C)n(C3CCCC3)c1=S)CC2. The minimum atomic E-state index is 0.589. The van der Waals surface area contributed by atoms with Gasteiger partial charge in [0, 0.05) is 30.5 Å². The fourth-order valence-corrected chi connectivity index (χ4v) is 5.29. The lowest BCUT2D eigenvalue weighted by molar-refractivity contribution is 0.195. The molecule has 1 saturated carbocycles. The second-order valence-corrected chi connectivity index (χ2v) is 8.47. The number of benzene rings is 1. The Hall–Kier alpha value is -1.79. The Morgan fingerprint density at radius 2 is 1.64 bits per heavy atom. The summed E-state index contributed by atoms with van der Waals surface area (Å²) >= 11 is 5.92. The van der Waals surface area contributed by atoms with Crippen LogP contribution in [0.5, 0.6) is 11.5 Å². The summed E-state index contributed by atoms with van der Waals surface area (Å²) in [7, 11) is 3.39. The van der Waals surface area contributed by atoms with Gasteiger partial charge in [-0.2, -0.15) is 0 Å². The fourth-order valence-electron chi connectivity index (χ4n) is 4.81. The lowest BCUT2D eigenvalue weighted by atomic mass is 9.99. The van der Waals surface area contributed by atoms with Crippen LogP contribution < -0.4 is 9.47 Å². The third-order valence-electron chi connectivity index (χ3n) is 6.56. The van der Waals surface area contributed by atoms with Gasteiger partial charge in [-0.05, 0) is 68.6 Å². The zero-order valence-electron chi connectivity index (χ0n) is 17.5. The van der Waals surface area contributed by atoms with Crippen LogP contribution in [0.15, 0.2) is 12.1 Å². The first-order valence-corrected chi connectivity index (χ1v) is 10.7. The Bertz CT molecular complexity index is 925. The van der Waals surface area contributed by atoms with Crippen LogP contribution in [0.3, 0.4) is 0 Å². The second kappa shape index (κ2) is 7.91. The molecule has 5 nitrogen and oxygen atoms in total. The molecule has 0 spiro atoms. The number of nitrogens with zero attached hydrogens (tertiary/aromatic N) is 3. The summed E-state index contributed by atoms with van der Waals surface area (Å²) in [6, 6.07) is 4.84. The van der Waals surface area contributed by atoms with E-state index in [1.165, 1.54) is 48.2 Å². The van der Waals surface area contributed by atoms with E-state index in [-0.39, 0.29) is 0 Å². The van der Waals surface area contributed by atoms with Crippen LogP contribution in [0.25, 0.3) is 0 Å². The van der Waals surface area contributed by atoms with Crippen molar-refractivity contribution in [3.63, 3.8) is 0 Å². The van der Waals surface area contributed by atoms with Crippen molar-refractivity contribution >= 4 is 12.2 Å². The van der Waals surface area contributed by atoms with E-state index in [9.17, 15) is 0 Å². The maximum Gasteiger partial charge on any atom is 0.181 e. The van der Waals surface area contributed by atoms with Gasteiger partial charge in [0.05, 0.1) is 20.9 Å². The molecule has 0 unspecified atom stereocenters. The van der Waals surface area contributed by atoms with E-state index in [2.05, 4.69) is 40.0 Å². The molecule has 1 aromatic carbocycles. The Morgan fingerprint density at radius 1 is 1.00 bits per heavy atom. The van der Waals surface area contributed by atoms with E-state index >= 15 is 0 Å². The van der Waals surface area contributed by atoms with Crippen LogP contribution in [-0.2, 0) is 19.6 Å². The van der Waals surface area contributed by atoms with Crippen LogP contribution in [0.4, 0.5) is 0 Å². The molecule has 1 aromatic heterocycles. The molecule has 1 aliphatic heterocycles. The molecule has 2 aromatic rings. The van der Waals surface area contributed by atoms with Crippen molar-refractivity contribution in [3.8, 4) is 11.5 Å². The lowest BCUT2D eigenvalue weighted by Crippen LogP contribution is -2.32. The van der Waals surface area contributed by atoms with E-state index in [1.54, 1.807) is 14.2 Å². The molecule has 0 atom stereocenters. The molecule has 1 fully saturated rings. The van der Waals surface area contributed by atoms with Crippen molar-refractivity contribution < 1.29 is 9.47 Å². The molecule has 2 heterocycles. The number of hydrogen-bond donors (Lipinski definition) is 0. The predicted molar refractivity (Wildman–Crippen MR) is 114 cm³/mol. The van der Waals surface area contributed by atoms with E-state index in [1.807, 2.05) is 0 Å². The van der Waals surface area contributed by atoms with Crippen molar-refractivity contribution in [3.05, 3.63) is 39.4 Å². The van der Waals surface area contributed by atoms with Gasteiger partial charge >= 0.3 is 0 Å². The highest BCUT2D eigenvalue weighted by molar-refractivity contribution is 7.71. The zero-order chi connectivity index (χ0) is 19.8. The van der Waals surface area contributed by atoms with Crippen molar-refractivity contribution in [2.75, 3.05) is 20.8 Å². The molecule has 0 bridgehead atoms. The molecule has 28 heavy (non-hydrogen) atoms. The van der Waals surface area contributed by atoms with Crippen LogP contribution in [0.2, 0.25) is 0 Å². The molecule has 2 aliphatic rings. The predicted octanol–water partition coefficient (Wildman–Crippen LogP) is 4.78. The maximum absolute atomic E-state index is 5.92. The number of hydrogen-bond acceptors (Lipinski definition) is 4. The number of ether oxygens (including phenoxy) is 2. The van der Waals surface area contributed by atoms with Crippen LogP contribution in [0.1, 0.15) is 54.2 Å². The highest BCUT2D eigenvalue weighted by Gasteiger charge is 2.24. The highest BCUT2D eigenvalue weighted by atomic mass is 32.1. The third-order valence-corrected chi connectivity index (χ3v) is 6.97. The number of aromatic nitrogens is 2. The number of rotatable bonds is 5. The van der Waals surface area contributed by atoms with E-state index in [4.69, 9.17) is 21.7 Å². The van der Waals surface area contributed by atoms with Crippen LogP contribution in [-0.4, -0.2) is 34.8 Å². The van der Waals surface area contributed by atoms with Gasteiger partial charge in [-0.1, -0.05) is 12.8 Å². The van der Waals surface area contributed by atoms with Gasteiger partial charge < -0.3 is 18.6 Å². The molecular weight excluding hydrogens is 370 g/mol. The summed E-state index contributed by atoms with van der Waals surface area (Å²) < 4.78 is 16.7. The molecular formula is C22H31N3O2S. The molecule has 1 aliphatic carbocycles. The number of imidazole rings is 1. The average Bonchev–Trinajstić information content (AvgIpc) is 3.30. The summed E-state index contributed by atoms with van der Waals surface area (Å²) in [5, 5.41) is 0. The lowest BCUT2D eigenvalue weighted by Gasteiger charge is -2.30. The fraction of sp³-hybridized carbons (Fsp3) is 0.591. The summed E-state index contributed by atoms with van der Waals surface area (Å²) in [6.07, 6.45) is 6.19. The van der Waals surface area contributed by atoms with Crippen LogP contribution >= 0.6 is 12.2 Å². The first kappa shape index (κ1) is 19.5. The Labute approximate surface area is 172 Å². The topological polar surface area (TPSA) is 31.6 Å². The van der Waals surface area contributed by atoms with Crippen molar-refractivity contribution in [2.24, 2.45) is 0 Å². The van der Waals surface area contributed by atoms with E-state index < -0.39 is 0 Å². The molecule has 152 valence electrons. The largest absolute Gasteiger partial charge is 0.493 e. The summed E-state index contributed by atoms with van der Waals surface area (Å²) in [6.45, 7) is 7.21. The standard InChI is InChI=1S/C22H31N3O2S/c1-15-16(2)25(19-7-5-6-8-19)22(28)24(15)14-23-10-9-17-11-20(26-3)21(27-4)12-18(17)13-23/h11-12,19H,5-10,13-14H2,1-4H3. The summed E-state index contributed by atoms with van der Waals surface area (Å²) in [4.78, 5) is 2.48. The zero-order valence-corrected chi connectivity index (χ0v) is 18.3. The van der Waals surface area contributed by atoms with Gasteiger partial charge in [0.1, 0.15) is 0 Å². The Morgan fingerprint density at radius 3 is 2.29 bits per heavy atom. The summed E-state index contributed by atoms with van der Waals surface area (Å²) in [5.41, 5.74) is 5.31. The summed E-state index contributed by atoms with van der Waals surface area (Å²) in [5.74, 6) is 1.62. The molecule has 0 radical (unpaired) electrons. The molecule has 0 N–H and O–H groups in total. The number of methoxy groups -OCH3 is 2. The third kappa shape index (κ3) is 3.37. The van der Waals surface area contributed by atoms with Gasteiger partial charge in [0.15, 0.2) is 16.3 Å². The average molecular weight is 402 g/mol.